The summed E-state index contributed by atoms with van der Waals surface area (Å²) in [5.41, 5.74) is -0.705. The van der Waals surface area contributed by atoms with Gasteiger partial charge in [-0.3, -0.25) is 10.1 Å². The van der Waals surface area contributed by atoms with Crippen molar-refractivity contribution in [2.45, 2.75) is 23.0 Å². The van der Waals surface area contributed by atoms with Crippen LogP contribution in [-0.4, -0.2) is 44.4 Å². The van der Waals surface area contributed by atoms with Crippen LogP contribution in [0, 0.1) is 15.9 Å². The number of non-ortho nitro benzene ring substituents is 1. The van der Waals surface area contributed by atoms with Crippen LogP contribution in [0.15, 0.2) is 23.1 Å². The first-order valence-electron chi connectivity index (χ1n) is 6.48. The minimum Gasteiger partial charge on any atom is -0.258 e. The number of piperidine rings is 1. The first kappa shape index (κ1) is 17.7. The van der Waals surface area contributed by atoms with E-state index in [0.29, 0.717) is 12.1 Å². The Hall–Kier alpha value is -1.63. The Balaban J connectivity index is 2.40. The minimum atomic E-state index is -4.26. The Morgan fingerprint density at radius 3 is 2.48 bits per heavy atom. The van der Waals surface area contributed by atoms with E-state index in [1.807, 2.05) is 0 Å². The zero-order valence-electron chi connectivity index (χ0n) is 11.8. The summed E-state index contributed by atoms with van der Waals surface area (Å²) in [6, 6.07) is 1.99. The number of primary sulfonamides is 1. The molecule has 1 aromatic carbocycles. The van der Waals surface area contributed by atoms with Crippen LogP contribution in [0.1, 0.15) is 12.8 Å². The van der Waals surface area contributed by atoms with Gasteiger partial charge >= 0.3 is 0 Å². The summed E-state index contributed by atoms with van der Waals surface area (Å²) in [5.74, 6) is -1.07. The molecule has 12 heteroatoms. The molecule has 0 amide bonds. The predicted octanol–water partition coefficient (Wildman–Crippen LogP) is 0.176. The number of hydrogen-bond donors (Lipinski definition) is 1. The molecule has 2 rings (SSSR count). The van der Waals surface area contributed by atoms with Gasteiger partial charge in [-0.05, 0) is 18.9 Å². The van der Waals surface area contributed by atoms with Gasteiger partial charge in [-0.1, -0.05) is 0 Å². The number of halogens is 1. The maximum Gasteiger partial charge on any atom is 0.273 e. The fourth-order valence-electron chi connectivity index (χ4n) is 2.34. The van der Waals surface area contributed by atoms with Crippen LogP contribution in [0.5, 0.6) is 0 Å². The largest absolute Gasteiger partial charge is 0.273 e. The number of nitrogens with zero attached hydrogens (tertiary/aromatic N) is 2. The van der Waals surface area contributed by atoms with Crippen LogP contribution in [0.4, 0.5) is 10.1 Å². The summed E-state index contributed by atoms with van der Waals surface area (Å²) in [6.07, 6.45) is 0.478. The number of sulfonamides is 2. The molecule has 128 valence electrons. The highest BCUT2D eigenvalue weighted by atomic mass is 32.2. The van der Waals surface area contributed by atoms with Crippen molar-refractivity contribution in [3.05, 3.63) is 34.1 Å². The fourth-order valence-corrected chi connectivity index (χ4v) is 4.90. The van der Waals surface area contributed by atoms with E-state index in [1.54, 1.807) is 0 Å². The topological polar surface area (TPSA) is 141 Å². The molecule has 23 heavy (non-hydrogen) atoms. The van der Waals surface area contributed by atoms with Crippen LogP contribution >= 0.6 is 0 Å². The monoisotopic (exact) mass is 367 g/mol. The smallest absolute Gasteiger partial charge is 0.258 e. The van der Waals surface area contributed by atoms with Crippen molar-refractivity contribution in [3.63, 3.8) is 0 Å². The lowest BCUT2D eigenvalue weighted by molar-refractivity contribution is -0.385. The molecule has 0 unspecified atom stereocenters. The summed E-state index contributed by atoms with van der Waals surface area (Å²) in [7, 11) is -8.18. The third-order valence-corrected chi connectivity index (χ3v) is 6.67. The van der Waals surface area contributed by atoms with Crippen molar-refractivity contribution >= 4 is 25.7 Å². The van der Waals surface area contributed by atoms with Crippen molar-refractivity contribution in [1.82, 2.24) is 4.31 Å². The van der Waals surface area contributed by atoms with E-state index >= 15 is 0 Å². The van der Waals surface area contributed by atoms with Gasteiger partial charge in [0, 0.05) is 19.2 Å². The van der Waals surface area contributed by atoms with E-state index < -0.39 is 46.6 Å². The number of nitro benzene ring substituents is 1. The SMILES string of the molecule is NS(=O)(=O)[C@H]1CCCN(S(=O)(=O)c2cc(F)cc([N+](=O)[O-])c2)C1. The normalized spacial score (nSPS) is 20.3. The van der Waals surface area contributed by atoms with E-state index in [-0.39, 0.29) is 25.9 Å². The van der Waals surface area contributed by atoms with Crippen LogP contribution in [0.3, 0.4) is 0 Å². The molecule has 1 saturated heterocycles. The van der Waals surface area contributed by atoms with Gasteiger partial charge < -0.3 is 0 Å². The molecular formula is C11H14FN3O6S2. The average molecular weight is 367 g/mol. The van der Waals surface area contributed by atoms with Crippen molar-refractivity contribution < 1.29 is 26.1 Å². The molecule has 0 radical (unpaired) electrons. The van der Waals surface area contributed by atoms with E-state index in [2.05, 4.69) is 0 Å². The molecule has 2 N–H and O–H groups in total. The number of hydrogen-bond acceptors (Lipinski definition) is 6. The molecule has 1 heterocycles. The van der Waals surface area contributed by atoms with E-state index in [4.69, 9.17) is 5.14 Å². The third-order valence-electron chi connectivity index (χ3n) is 3.51. The quantitative estimate of drug-likeness (QED) is 0.594. The van der Waals surface area contributed by atoms with Gasteiger partial charge in [0.05, 0.1) is 21.1 Å². The third kappa shape index (κ3) is 3.83. The van der Waals surface area contributed by atoms with Crippen LogP contribution in [0.2, 0.25) is 0 Å². The number of nitro groups is 1. The summed E-state index contributed by atoms with van der Waals surface area (Å²) in [5, 5.41) is 14.7. The Bertz CT molecular complexity index is 839. The van der Waals surface area contributed by atoms with Gasteiger partial charge in [0.25, 0.3) is 5.69 Å². The Labute approximate surface area is 132 Å². The summed E-state index contributed by atoms with van der Waals surface area (Å²) in [4.78, 5) is 9.22. The first-order valence-corrected chi connectivity index (χ1v) is 9.53. The summed E-state index contributed by atoms with van der Waals surface area (Å²) in [6.45, 7) is -0.343. The van der Waals surface area contributed by atoms with Crippen molar-refractivity contribution in [3.8, 4) is 0 Å². The van der Waals surface area contributed by atoms with Gasteiger partial charge in [0.15, 0.2) is 0 Å². The highest BCUT2D eigenvalue weighted by molar-refractivity contribution is 7.90. The second-order valence-electron chi connectivity index (χ2n) is 5.12. The maximum atomic E-state index is 13.4. The first-order chi connectivity index (χ1) is 10.5. The number of benzene rings is 1. The van der Waals surface area contributed by atoms with Gasteiger partial charge in [0.1, 0.15) is 5.82 Å². The van der Waals surface area contributed by atoms with E-state index in [0.717, 1.165) is 10.4 Å². The standard InChI is InChI=1S/C11H14FN3O6S2/c12-8-4-9(15(16)17)6-11(5-8)23(20,21)14-3-1-2-10(7-14)22(13,18)19/h4-6,10H,1-3,7H2,(H2,13,18,19)/t10-/m0/s1. The maximum absolute atomic E-state index is 13.4. The van der Waals surface area contributed by atoms with Crippen LogP contribution in [-0.2, 0) is 20.0 Å². The summed E-state index contributed by atoms with van der Waals surface area (Å²) >= 11 is 0. The molecule has 0 saturated carbocycles. The molecule has 0 aromatic heterocycles. The van der Waals surface area contributed by atoms with Gasteiger partial charge in [0.2, 0.25) is 20.0 Å². The molecule has 1 aromatic rings. The molecule has 9 nitrogen and oxygen atoms in total. The van der Waals surface area contributed by atoms with Gasteiger partial charge in [-0.25, -0.2) is 26.4 Å². The molecule has 1 aliphatic heterocycles. The second kappa shape index (κ2) is 6.11. The van der Waals surface area contributed by atoms with Gasteiger partial charge in [-0.15, -0.1) is 0 Å². The zero-order valence-corrected chi connectivity index (χ0v) is 13.4. The second-order valence-corrected chi connectivity index (χ2v) is 8.90. The van der Waals surface area contributed by atoms with Crippen LogP contribution in [0.25, 0.3) is 0 Å². The molecule has 1 atom stereocenters. The van der Waals surface area contributed by atoms with E-state index in [1.165, 1.54) is 0 Å². The molecule has 1 aliphatic rings. The predicted molar refractivity (Wildman–Crippen MR) is 77.9 cm³/mol. The average Bonchev–Trinajstić information content (AvgIpc) is 2.45. The fraction of sp³-hybridized carbons (Fsp3) is 0.455. The number of rotatable bonds is 4. The highest BCUT2D eigenvalue weighted by Crippen LogP contribution is 2.26. The lowest BCUT2D eigenvalue weighted by Gasteiger charge is -2.30. The summed E-state index contributed by atoms with van der Waals surface area (Å²) < 4.78 is 62.1. The molecule has 0 aliphatic carbocycles. The van der Waals surface area contributed by atoms with Crippen molar-refractivity contribution in [1.29, 1.82) is 0 Å². The van der Waals surface area contributed by atoms with Crippen molar-refractivity contribution in [2.24, 2.45) is 5.14 Å². The molecular weight excluding hydrogens is 353 g/mol. The minimum absolute atomic E-state index is 0.0265. The highest BCUT2D eigenvalue weighted by Gasteiger charge is 2.35. The number of nitrogens with two attached hydrogens (primary N) is 1. The van der Waals surface area contributed by atoms with Crippen LogP contribution < -0.4 is 5.14 Å². The Morgan fingerprint density at radius 1 is 1.26 bits per heavy atom. The lowest BCUT2D eigenvalue weighted by atomic mass is 10.2. The molecule has 1 fully saturated rings. The molecule has 0 spiro atoms. The van der Waals surface area contributed by atoms with E-state index in [9.17, 15) is 31.3 Å². The lowest BCUT2D eigenvalue weighted by Crippen LogP contribution is -2.46. The Morgan fingerprint density at radius 2 is 1.91 bits per heavy atom. The Kier molecular flexibility index (Phi) is 4.71. The molecule has 0 bridgehead atoms. The van der Waals surface area contributed by atoms with Crippen molar-refractivity contribution in [2.75, 3.05) is 13.1 Å². The van der Waals surface area contributed by atoms with Gasteiger partial charge in [-0.2, -0.15) is 4.31 Å². The zero-order chi connectivity index (χ0) is 17.4.